The molecule has 1 aliphatic heterocycles. The Morgan fingerprint density at radius 2 is 1.04 bits per heavy atom. The van der Waals surface area contributed by atoms with Gasteiger partial charge in [0.25, 0.3) is 0 Å². The molecule has 0 aromatic heterocycles. The molecule has 8 aromatic rings. The number of hydrogen-bond acceptors (Lipinski definition) is 1. The smallest absolute Gasteiger partial charge is 0.135 e. The first-order valence-electron chi connectivity index (χ1n) is 16.0. The third-order valence-electron chi connectivity index (χ3n) is 10.7. The van der Waals surface area contributed by atoms with Crippen LogP contribution in [0.5, 0.6) is 11.5 Å². The predicted octanol–water partition coefficient (Wildman–Crippen LogP) is 11.8. The van der Waals surface area contributed by atoms with E-state index < -0.39 is 5.41 Å². The van der Waals surface area contributed by atoms with Gasteiger partial charge in [0.2, 0.25) is 0 Å². The van der Waals surface area contributed by atoms with Crippen LogP contribution in [-0.2, 0) is 5.41 Å². The predicted molar refractivity (Wildman–Crippen MR) is 189 cm³/mol. The van der Waals surface area contributed by atoms with Gasteiger partial charge >= 0.3 is 0 Å². The van der Waals surface area contributed by atoms with Crippen molar-refractivity contribution in [3.63, 3.8) is 0 Å². The van der Waals surface area contributed by atoms with Gasteiger partial charge in [-0.25, -0.2) is 0 Å². The Morgan fingerprint density at radius 1 is 0.391 bits per heavy atom. The first-order chi connectivity index (χ1) is 22.8. The summed E-state index contributed by atoms with van der Waals surface area (Å²) in [5.41, 5.74) is 15.1. The Hall–Kier alpha value is -5.92. The quantitative estimate of drug-likeness (QED) is 0.187. The summed E-state index contributed by atoms with van der Waals surface area (Å²) in [6, 6.07) is 58.2. The molecule has 0 fully saturated rings. The van der Waals surface area contributed by atoms with Crippen LogP contribution in [0.15, 0.2) is 158 Å². The van der Waals surface area contributed by atoms with Gasteiger partial charge in [0.1, 0.15) is 11.5 Å². The van der Waals surface area contributed by atoms with Gasteiger partial charge in [-0.3, -0.25) is 0 Å². The maximum absolute atomic E-state index is 6.63. The molecule has 1 nitrogen and oxygen atoms in total. The Morgan fingerprint density at radius 3 is 1.96 bits per heavy atom. The lowest BCUT2D eigenvalue weighted by atomic mass is 9.69. The van der Waals surface area contributed by atoms with E-state index >= 15 is 0 Å². The molecule has 1 spiro atoms. The van der Waals surface area contributed by atoms with Gasteiger partial charge in [-0.2, -0.15) is 0 Å². The lowest BCUT2D eigenvalue weighted by Gasteiger charge is -2.31. The lowest BCUT2D eigenvalue weighted by Crippen LogP contribution is -2.26. The summed E-state index contributed by atoms with van der Waals surface area (Å²) >= 11 is 0. The average Bonchev–Trinajstić information content (AvgIpc) is 3.59. The van der Waals surface area contributed by atoms with Crippen molar-refractivity contribution in [1.29, 1.82) is 0 Å². The van der Waals surface area contributed by atoms with Crippen LogP contribution in [0.3, 0.4) is 0 Å². The van der Waals surface area contributed by atoms with Gasteiger partial charge in [0.05, 0.1) is 5.41 Å². The summed E-state index contributed by atoms with van der Waals surface area (Å²) in [4.78, 5) is 0. The molecule has 0 bridgehead atoms. The first kappa shape index (κ1) is 24.4. The van der Waals surface area contributed by atoms with E-state index in [4.69, 9.17) is 4.74 Å². The molecule has 3 aliphatic rings. The van der Waals surface area contributed by atoms with Crippen molar-refractivity contribution in [3.8, 4) is 56.0 Å². The number of hydrogen-bond donors (Lipinski definition) is 0. The molecule has 1 atom stereocenters. The summed E-state index contributed by atoms with van der Waals surface area (Å²) in [5.74, 6) is 1.83. The molecule has 0 saturated heterocycles. The van der Waals surface area contributed by atoms with Crippen molar-refractivity contribution in [3.05, 3.63) is 180 Å². The van der Waals surface area contributed by atoms with Gasteiger partial charge in [-0.1, -0.05) is 140 Å². The minimum atomic E-state index is -0.409. The van der Waals surface area contributed by atoms with Crippen LogP contribution >= 0.6 is 0 Å². The molecule has 0 amide bonds. The minimum Gasteiger partial charge on any atom is -0.456 e. The highest BCUT2D eigenvalue weighted by Gasteiger charge is 2.52. The second-order valence-corrected chi connectivity index (χ2v) is 12.8. The molecule has 8 aromatic carbocycles. The maximum atomic E-state index is 6.63. The molecule has 11 rings (SSSR count). The third kappa shape index (κ3) is 2.87. The van der Waals surface area contributed by atoms with Gasteiger partial charge in [-0.15, -0.1) is 0 Å². The van der Waals surface area contributed by atoms with E-state index in [-0.39, 0.29) is 0 Å². The number of fused-ring (bicyclic) bond motifs is 14. The largest absolute Gasteiger partial charge is 0.456 e. The summed E-state index contributed by atoms with van der Waals surface area (Å²) in [7, 11) is 0. The fourth-order valence-electron chi connectivity index (χ4n) is 8.94. The van der Waals surface area contributed by atoms with Crippen molar-refractivity contribution >= 4 is 21.5 Å². The molecule has 0 saturated carbocycles. The standard InChI is InChI=1S/C45H26O/c1-2-13-31-27(10-1)22-25-35-32-14-3-5-18-37(32)45(44(31)35)38-19-6-4-15-36(38)43-30(16-9-20-39(43)45)29-23-24-33-34-17-7-11-28-12-8-21-40(42(28)34)46-41(33)26-29/h1-26H. The van der Waals surface area contributed by atoms with Crippen LogP contribution in [0.25, 0.3) is 66.1 Å². The van der Waals surface area contributed by atoms with Crippen LogP contribution in [0.2, 0.25) is 0 Å². The number of benzene rings is 8. The molecule has 0 radical (unpaired) electrons. The normalized spacial score (nSPS) is 16.1. The zero-order chi connectivity index (χ0) is 30.0. The van der Waals surface area contributed by atoms with Crippen molar-refractivity contribution in [2.24, 2.45) is 0 Å². The van der Waals surface area contributed by atoms with Crippen molar-refractivity contribution in [2.45, 2.75) is 5.41 Å². The Balaban J connectivity index is 1.21. The molecule has 0 N–H and O–H groups in total. The number of rotatable bonds is 1. The van der Waals surface area contributed by atoms with E-state index in [2.05, 4.69) is 158 Å². The van der Waals surface area contributed by atoms with Crippen molar-refractivity contribution in [2.75, 3.05) is 0 Å². The Bertz CT molecular complexity index is 2620. The van der Waals surface area contributed by atoms with Gasteiger partial charge in [0.15, 0.2) is 0 Å². The van der Waals surface area contributed by atoms with Crippen molar-refractivity contribution in [1.82, 2.24) is 0 Å². The van der Waals surface area contributed by atoms with Crippen molar-refractivity contribution < 1.29 is 4.74 Å². The molecular formula is C45H26O. The molecule has 1 heteroatoms. The second kappa shape index (κ2) is 8.62. The zero-order valence-corrected chi connectivity index (χ0v) is 24.9. The van der Waals surface area contributed by atoms with Gasteiger partial charge < -0.3 is 4.74 Å². The molecular weight excluding hydrogens is 556 g/mol. The highest BCUT2D eigenvalue weighted by atomic mass is 16.5. The fourth-order valence-corrected chi connectivity index (χ4v) is 8.94. The van der Waals surface area contributed by atoms with Gasteiger partial charge in [0, 0.05) is 10.9 Å². The van der Waals surface area contributed by atoms with E-state index in [1.165, 1.54) is 82.7 Å². The summed E-state index contributed by atoms with van der Waals surface area (Å²) in [6.45, 7) is 0. The van der Waals surface area contributed by atoms with E-state index in [0.717, 1.165) is 17.1 Å². The number of ether oxygens (including phenoxy) is 1. The molecule has 1 heterocycles. The second-order valence-electron chi connectivity index (χ2n) is 12.8. The third-order valence-corrected chi connectivity index (χ3v) is 10.7. The summed E-state index contributed by atoms with van der Waals surface area (Å²) in [6.07, 6.45) is 0. The van der Waals surface area contributed by atoms with Crippen LogP contribution < -0.4 is 4.74 Å². The van der Waals surface area contributed by atoms with Crippen LogP contribution in [0.4, 0.5) is 0 Å². The molecule has 212 valence electrons. The average molecular weight is 583 g/mol. The van der Waals surface area contributed by atoms with Crippen LogP contribution in [-0.4, -0.2) is 0 Å². The lowest BCUT2D eigenvalue weighted by molar-refractivity contribution is 0.487. The minimum absolute atomic E-state index is 0.409. The van der Waals surface area contributed by atoms with Gasteiger partial charge in [-0.05, 0) is 95.6 Å². The molecule has 2 aliphatic carbocycles. The Labute approximate surface area is 267 Å². The monoisotopic (exact) mass is 582 g/mol. The van der Waals surface area contributed by atoms with E-state index in [1.807, 2.05) is 0 Å². The first-order valence-corrected chi connectivity index (χ1v) is 16.0. The van der Waals surface area contributed by atoms with Crippen LogP contribution in [0, 0.1) is 0 Å². The maximum Gasteiger partial charge on any atom is 0.135 e. The summed E-state index contributed by atoms with van der Waals surface area (Å²) in [5, 5.41) is 4.99. The van der Waals surface area contributed by atoms with Crippen LogP contribution in [0.1, 0.15) is 22.3 Å². The van der Waals surface area contributed by atoms with E-state index in [1.54, 1.807) is 0 Å². The highest BCUT2D eigenvalue weighted by Crippen LogP contribution is 2.65. The highest BCUT2D eigenvalue weighted by molar-refractivity contribution is 6.07. The van der Waals surface area contributed by atoms with E-state index in [0.29, 0.717) is 0 Å². The SMILES string of the molecule is c1ccc2c(c1)-c1ccc3ccccc3c1C21c2ccccc2-c2c(-c3ccc4c(c3)Oc3cccc5cccc-4c35)cccc21. The van der Waals surface area contributed by atoms with E-state index in [9.17, 15) is 0 Å². The fraction of sp³-hybridized carbons (Fsp3) is 0.0222. The molecule has 46 heavy (non-hydrogen) atoms. The summed E-state index contributed by atoms with van der Waals surface area (Å²) < 4.78 is 6.63. The molecule has 1 unspecified atom stereocenters. The topological polar surface area (TPSA) is 9.23 Å². The Kier molecular flexibility index (Phi) is 4.57. The zero-order valence-electron chi connectivity index (χ0n) is 24.9.